The lowest BCUT2D eigenvalue weighted by molar-refractivity contribution is -0.132. The highest BCUT2D eigenvalue weighted by Gasteiger charge is 2.25. The molecule has 0 bridgehead atoms. The predicted molar refractivity (Wildman–Crippen MR) is 96.6 cm³/mol. The second kappa shape index (κ2) is 13.2. The number of nitrogens with one attached hydrogen (secondary N) is 3. The molecule has 0 aliphatic heterocycles. The minimum absolute atomic E-state index is 0.186. The fourth-order valence-electron chi connectivity index (χ4n) is 2.35. The lowest BCUT2D eigenvalue weighted by Crippen LogP contribution is -2.55. The van der Waals surface area contributed by atoms with Crippen LogP contribution in [0.15, 0.2) is 0 Å². The Hall–Kier alpha value is -2.00. The second-order valence-electron chi connectivity index (χ2n) is 6.59. The van der Waals surface area contributed by atoms with E-state index in [1.165, 1.54) is 6.92 Å². The fraction of sp³-hybridized carbons (Fsp3) is 0.765. The van der Waals surface area contributed by atoms with Gasteiger partial charge in [0, 0.05) is 6.92 Å². The average Bonchev–Trinajstić information content (AvgIpc) is 2.57. The normalized spacial score (nSPS) is 14.2. The maximum atomic E-state index is 12.5. The van der Waals surface area contributed by atoms with E-state index in [0.717, 1.165) is 0 Å². The molecule has 0 saturated heterocycles. The number of aliphatic hydroxyl groups is 1. The van der Waals surface area contributed by atoms with Crippen LogP contribution in [0.1, 0.15) is 46.5 Å². The van der Waals surface area contributed by atoms with Crippen molar-refractivity contribution in [2.45, 2.75) is 64.6 Å². The number of rotatable bonds is 13. The van der Waals surface area contributed by atoms with Crippen LogP contribution in [0.5, 0.6) is 0 Å². The molecule has 0 rings (SSSR count). The standard InChI is InChI=1S/C17H31N4O5/c1-11(2)8-13(9-22)20-16(25)14(6-4-5-7-18)21-17(26)15(10-23)19-12(3)24/h11,13-15,23H,4-8,10,18H2,1-3H3,(H,19,24)(H,20,25)(H,21,26)/q-1. The van der Waals surface area contributed by atoms with E-state index in [2.05, 4.69) is 16.0 Å². The van der Waals surface area contributed by atoms with Gasteiger partial charge in [-0.1, -0.05) is 26.3 Å². The van der Waals surface area contributed by atoms with E-state index in [4.69, 9.17) is 5.73 Å². The number of carbonyl (C=O) groups excluding carboxylic acids is 4. The van der Waals surface area contributed by atoms with E-state index < -0.39 is 42.5 Å². The third kappa shape index (κ3) is 10.1. The number of nitrogens with two attached hydrogens (primary N) is 1. The van der Waals surface area contributed by atoms with Gasteiger partial charge in [-0.25, -0.2) is 6.29 Å². The first-order chi connectivity index (χ1) is 12.2. The minimum Gasteiger partial charge on any atom is -0.540 e. The zero-order valence-electron chi connectivity index (χ0n) is 15.7. The van der Waals surface area contributed by atoms with Crippen LogP contribution >= 0.6 is 0 Å². The van der Waals surface area contributed by atoms with Crippen LogP contribution in [0.25, 0.3) is 0 Å². The van der Waals surface area contributed by atoms with Gasteiger partial charge in [-0.05, 0) is 31.7 Å². The van der Waals surface area contributed by atoms with Crippen molar-refractivity contribution in [2.24, 2.45) is 11.7 Å². The number of amides is 3. The highest BCUT2D eigenvalue weighted by Crippen LogP contribution is 2.06. The molecule has 0 radical (unpaired) electrons. The summed E-state index contributed by atoms with van der Waals surface area (Å²) in [7, 11) is 0. The van der Waals surface area contributed by atoms with Gasteiger partial charge in [-0.15, -0.1) is 0 Å². The summed E-state index contributed by atoms with van der Waals surface area (Å²) in [4.78, 5) is 46.8. The Balaban J connectivity index is 5.00. The highest BCUT2D eigenvalue weighted by atomic mass is 16.3. The van der Waals surface area contributed by atoms with Crippen LogP contribution in [0.2, 0.25) is 0 Å². The van der Waals surface area contributed by atoms with Gasteiger partial charge in [0.2, 0.25) is 17.7 Å². The molecule has 0 spiro atoms. The summed E-state index contributed by atoms with van der Waals surface area (Å²) in [5.74, 6) is -1.48. The lowest BCUT2D eigenvalue weighted by Gasteiger charge is -2.27. The van der Waals surface area contributed by atoms with Crippen molar-refractivity contribution in [3.63, 3.8) is 0 Å². The van der Waals surface area contributed by atoms with Crippen molar-refractivity contribution in [3.8, 4) is 0 Å². The average molecular weight is 371 g/mol. The van der Waals surface area contributed by atoms with E-state index in [1.807, 2.05) is 13.8 Å². The molecule has 6 N–H and O–H groups in total. The molecule has 9 nitrogen and oxygen atoms in total. The lowest BCUT2D eigenvalue weighted by atomic mass is 10.0. The van der Waals surface area contributed by atoms with Crippen LogP contribution in [-0.4, -0.2) is 60.4 Å². The van der Waals surface area contributed by atoms with Crippen LogP contribution in [0.3, 0.4) is 0 Å². The molecule has 0 aromatic carbocycles. The van der Waals surface area contributed by atoms with Crippen molar-refractivity contribution in [1.29, 1.82) is 0 Å². The topological polar surface area (TPSA) is 151 Å². The van der Waals surface area contributed by atoms with Crippen LogP contribution in [0, 0.1) is 5.92 Å². The highest BCUT2D eigenvalue weighted by molar-refractivity contribution is 5.92. The predicted octanol–water partition coefficient (Wildman–Crippen LogP) is -1.26. The van der Waals surface area contributed by atoms with E-state index in [1.54, 1.807) is 6.29 Å². The summed E-state index contributed by atoms with van der Waals surface area (Å²) >= 11 is 0. The Morgan fingerprint density at radius 2 is 1.65 bits per heavy atom. The van der Waals surface area contributed by atoms with E-state index in [0.29, 0.717) is 32.2 Å². The summed E-state index contributed by atoms with van der Waals surface area (Å²) in [5.41, 5.74) is 5.45. The quantitative estimate of drug-likeness (QED) is 0.201. The number of aliphatic hydroxyl groups excluding tert-OH is 1. The zero-order valence-corrected chi connectivity index (χ0v) is 15.7. The molecule has 0 fully saturated rings. The number of hydrogen-bond acceptors (Lipinski definition) is 6. The first kappa shape index (κ1) is 24.0. The molecular weight excluding hydrogens is 340 g/mol. The molecule has 3 amide bonds. The first-order valence-electron chi connectivity index (χ1n) is 8.81. The largest absolute Gasteiger partial charge is 0.540 e. The Kier molecular flexibility index (Phi) is 12.2. The number of unbranched alkanes of at least 4 members (excludes halogenated alkanes) is 1. The second-order valence-corrected chi connectivity index (χ2v) is 6.59. The van der Waals surface area contributed by atoms with Gasteiger partial charge in [0.25, 0.3) is 0 Å². The summed E-state index contributed by atoms with van der Waals surface area (Å²) in [6, 6.07) is -2.82. The first-order valence-corrected chi connectivity index (χ1v) is 8.81. The van der Waals surface area contributed by atoms with Gasteiger partial charge in [0.15, 0.2) is 0 Å². The van der Waals surface area contributed by atoms with E-state index >= 15 is 0 Å². The molecule has 9 heteroatoms. The smallest absolute Gasteiger partial charge is 0.245 e. The van der Waals surface area contributed by atoms with Crippen molar-refractivity contribution in [1.82, 2.24) is 16.0 Å². The summed E-state index contributed by atoms with van der Waals surface area (Å²) in [6.45, 7) is 4.90. The van der Waals surface area contributed by atoms with Crippen molar-refractivity contribution in [3.05, 3.63) is 0 Å². The number of hydrogen-bond donors (Lipinski definition) is 5. The maximum absolute atomic E-state index is 12.5. The molecule has 0 aliphatic carbocycles. The molecule has 0 saturated carbocycles. The Morgan fingerprint density at radius 3 is 2.12 bits per heavy atom. The van der Waals surface area contributed by atoms with Crippen LogP contribution in [-0.2, 0) is 19.2 Å². The van der Waals surface area contributed by atoms with Crippen molar-refractivity contribution < 1.29 is 24.3 Å². The van der Waals surface area contributed by atoms with Crippen molar-refractivity contribution in [2.75, 3.05) is 13.2 Å². The van der Waals surface area contributed by atoms with Gasteiger partial charge in [-0.3, -0.25) is 14.4 Å². The fourth-order valence-corrected chi connectivity index (χ4v) is 2.35. The molecule has 26 heavy (non-hydrogen) atoms. The minimum atomic E-state index is -1.15. The molecule has 150 valence electrons. The molecule has 3 unspecified atom stereocenters. The number of carbonyl (C=O) groups is 3. The monoisotopic (exact) mass is 371 g/mol. The van der Waals surface area contributed by atoms with Crippen LogP contribution in [0.4, 0.5) is 0 Å². The third-order valence-corrected chi connectivity index (χ3v) is 3.62. The molecule has 0 heterocycles. The molecule has 0 aromatic rings. The van der Waals surface area contributed by atoms with Gasteiger partial charge >= 0.3 is 0 Å². The van der Waals surface area contributed by atoms with Gasteiger partial charge in [0.1, 0.15) is 12.1 Å². The molecular formula is C17H31N4O5-. The summed E-state index contributed by atoms with van der Waals surface area (Å²) in [5, 5.41) is 16.6. The molecule has 0 aliphatic rings. The Bertz CT molecular complexity index is 470. The zero-order chi connectivity index (χ0) is 20.1. The third-order valence-electron chi connectivity index (χ3n) is 3.62. The Labute approximate surface area is 154 Å². The summed E-state index contributed by atoms with van der Waals surface area (Å²) in [6.07, 6.45) is 3.81. The van der Waals surface area contributed by atoms with Gasteiger partial charge in [0.05, 0.1) is 6.61 Å². The summed E-state index contributed by atoms with van der Waals surface area (Å²) < 4.78 is 0. The van der Waals surface area contributed by atoms with Crippen LogP contribution < -0.4 is 21.7 Å². The Morgan fingerprint density at radius 1 is 1.04 bits per heavy atom. The van der Waals surface area contributed by atoms with Gasteiger partial charge < -0.3 is 31.6 Å². The SMILES string of the molecule is CC(=O)NC(CO)C(=O)NC(CCCCN)C(=O)NC([C-]=O)CC(C)C. The van der Waals surface area contributed by atoms with Crippen molar-refractivity contribution >= 4 is 24.0 Å². The van der Waals surface area contributed by atoms with E-state index in [9.17, 15) is 24.3 Å². The van der Waals surface area contributed by atoms with Gasteiger partial charge in [-0.2, -0.15) is 0 Å². The maximum Gasteiger partial charge on any atom is 0.245 e. The van der Waals surface area contributed by atoms with E-state index in [-0.39, 0.29) is 5.92 Å². The molecule has 3 atom stereocenters. The molecule has 0 aromatic heterocycles.